The van der Waals surface area contributed by atoms with Crippen LogP contribution >= 0.6 is 0 Å². The number of aliphatic hydroxyl groups is 1. The summed E-state index contributed by atoms with van der Waals surface area (Å²) in [5.74, 6) is 1.37. The number of benzene rings is 3. The molecule has 0 aliphatic carbocycles. The van der Waals surface area contributed by atoms with Crippen LogP contribution in [-0.2, 0) is 18.6 Å². The number of hydrogen-bond acceptors (Lipinski definition) is 5. The second-order valence-electron chi connectivity index (χ2n) is 9.32. The highest BCUT2D eigenvalue weighted by molar-refractivity contribution is 6.07. The zero-order chi connectivity index (χ0) is 23.9. The van der Waals surface area contributed by atoms with Crippen molar-refractivity contribution in [2.45, 2.75) is 45.0 Å². The highest BCUT2D eigenvalue weighted by Crippen LogP contribution is 2.44. The van der Waals surface area contributed by atoms with Gasteiger partial charge in [-0.1, -0.05) is 49.4 Å². The van der Waals surface area contributed by atoms with E-state index in [1.807, 2.05) is 69.3 Å². The second kappa shape index (κ2) is 8.33. The van der Waals surface area contributed by atoms with E-state index in [9.17, 15) is 9.90 Å². The molecule has 174 valence electrons. The summed E-state index contributed by atoms with van der Waals surface area (Å²) in [6.07, 6.45) is 4.62. The molecule has 5 nitrogen and oxygen atoms in total. The summed E-state index contributed by atoms with van der Waals surface area (Å²) < 4.78 is 18.1. The van der Waals surface area contributed by atoms with E-state index in [1.165, 1.54) is 0 Å². The van der Waals surface area contributed by atoms with E-state index in [-0.39, 0.29) is 6.61 Å². The van der Waals surface area contributed by atoms with Crippen LogP contribution in [0.25, 0.3) is 6.08 Å². The molecule has 0 radical (unpaired) electrons. The molecule has 0 fully saturated rings. The molecule has 34 heavy (non-hydrogen) atoms. The molecule has 0 aromatic heterocycles. The minimum atomic E-state index is -1.81. The predicted molar refractivity (Wildman–Crippen MR) is 130 cm³/mol. The molecule has 2 aliphatic heterocycles. The number of ketones is 1. The maximum Gasteiger partial charge on any atom is 0.206 e. The summed E-state index contributed by atoms with van der Waals surface area (Å²) >= 11 is 0. The lowest BCUT2D eigenvalue weighted by atomic mass is 9.82. The normalized spacial score (nSPS) is 20.1. The van der Waals surface area contributed by atoms with Gasteiger partial charge in [0.05, 0.1) is 11.1 Å². The van der Waals surface area contributed by atoms with E-state index in [0.717, 1.165) is 23.1 Å². The molecule has 0 bridgehead atoms. The Morgan fingerprint density at radius 1 is 1.06 bits per heavy atom. The average Bonchev–Trinajstić information content (AvgIpc) is 2.84. The smallest absolute Gasteiger partial charge is 0.206 e. The van der Waals surface area contributed by atoms with Crippen molar-refractivity contribution in [3.8, 4) is 17.2 Å². The first-order valence-corrected chi connectivity index (χ1v) is 11.6. The first-order chi connectivity index (χ1) is 16.3. The van der Waals surface area contributed by atoms with Gasteiger partial charge in [0, 0.05) is 0 Å². The van der Waals surface area contributed by atoms with Gasteiger partial charge in [-0.05, 0) is 67.3 Å². The van der Waals surface area contributed by atoms with E-state index in [4.69, 9.17) is 14.2 Å². The molecule has 3 aromatic rings. The van der Waals surface area contributed by atoms with Crippen molar-refractivity contribution in [1.82, 2.24) is 0 Å². The Bertz CT molecular complexity index is 1280. The third kappa shape index (κ3) is 3.86. The molecule has 5 heteroatoms. The number of fused-ring (bicyclic) bond motifs is 3. The zero-order valence-electron chi connectivity index (χ0n) is 19.6. The molecule has 0 spiro atoms. The first kappa shape index (κ1) is 22.2. The van der Waals surface area contributed by atoms with Crippen molar-refractivity contribution in [2.24, 2.45) is 0 Å². The number of aryl methyl sites for hydroxylation is 1. The van der Waals surface area contributed by atoms with E-state index >= 15 is 0 Å². The van der Waals surface area contributed by atoms with Crippen LogP contribution in [0.3, 0.4) is 0 Å². The molecule has 0 saturated heterocycles. The maximum atomic E-state index is 13.6. The van der Waals surface area contributed by atoms with Crippen molar-refractivity contribution in [3.05, 3.63) is 94.6 Å². The Balaban J connectivity index is 1.47. The summed E-state index contributed by atoms with van der Waals surface area (Å²) in [6, 6.07) is 18.8. The minimum Gasteiger partial charge on any atom is -0.489 e. The molecule has 2 aliphatic rings. The van der Waals surface area contributed by atoms with Crippen molar-refractivity contribution < 1.29 is 24.1 Å². The average molecular weight is 457 g/mol. The van der Waals surface area contributed by atoms with E-state index in [1.54, 1.807) is 24.3 Å². The van der Waals surface area contributed by atoms with Crippen LogP contribution < -0.4 is 14.2 Å². The SMILES string of the molecule is CCc1ccc(C2(O)COc3c(ccc4c3C=CC(C)(C)O4)C2=O)cc1OCc1ccccc1. The lowest BCUT2D eigenvalue weighted by Gasteiger charge is -2.35. The van der Waals surface area contributed by atoms with Gasteiger partial charge < -0.3 is 19.3 Å². The molecule has 1 N–H and O–H groups in total. The Kier molecular flexibility index (Phi) is 5.45. The summed E-state index contributed by atoms with van der Waals surface area (Å²) in [5, 5.41) is 11.5. The van der Waals surface area contributed by atoms with E-state index in [0.29, 0.717) is 35.0 Å². The van der Waals surface area contributed by atoms with Crippen LogP contribution in [0.1, 0.15) is 53.4 Å². The van der Waals surface area contributed by atoms with Crippen molar-refractivity contribution in [1.29, 1.82) is 0 Å². The minimum absolute atomic E-state index is 0.184. The van der Waals surface area contributed by atoms with Crippen LogP contribution in [0.4, 0.5) is 0 Å². The van der Waals surface area contributed by atoms with Crippen molar-refractivity contribution >= 4 is 11.9 Å². The highest BCUT2D eigenvalue weighted by Gasteiger charge is 2.45. The number of carbonyl (C=O) groups excluding carboxylic acids is 1. The lowest BCUT2D eigenvalue weighted by molar-refractivity contribution is -0.00542. The van der Waals surface area contributed by atoms with Gasteiger partial charge in [-0.3, -0.25) is 4.79 Å². The van der Waals surface area contributed by atoms with Crippen molar-refractivity contribution in [3.63, 3.8) is 0 Å². The van der Waals surface area contributed by atoms with Crippen LogP contribution in [0, 0.1) is 0 Å². The molecule has 1 atom stereocenters. The van der Waals surface area contributed by atoms with Gasteiger partial charge in [-0.15, -0.1) is 0 Å². The predicted octanol–water partition coefficient (Wildman–Crippen LogP) is 5.48. The van der Waals surface area contributed by atoms with Gasteiger partial charge in [0.1, 0.15) is 36.1 Å². The van der Waals surface area contributed by atoms with Gasteiger partial charge in [0.25, 0.3) is 0 Å². The zero-order valence-corrected chi connectivity index (χ0v) is 19.6. The molecule has 5 rings (SSSR count). The number of Topliss-reactive ketones (excluding diaryl/α,β-unsaturated/α-hetero) is 1. The molecule has 3 aromatic carbocycles. The van der Waals surface area contributed by atoms with Gasteiger partial charge in [0.2, 0.25) is 5.78 Å². The topological polar surface area (TPSA) is 65.0 Å². The van der Waals surface area contributed by atoms with Gasteiger partial charge in [-0.25, -0.2) is 0 Å². The summed E-state index contributed by atoms with van der Waals surface area (Å²) in [6.45, 7) is 6.19. The monoisotopic (exact) mass is 456 g/mol. The van der Waals surface area contributed by atoms with E-state index in [2.05, 4.69) is 0 Å². The molecular formula is C29H28O5. The summed E-state index contributed by atoms with van der Waals surface area (Å²) in [7, 11) is 0. The Morgan fingerprint density at radius 3 is 2.62 bits per heavy atom. The number of ether oxygens (including phenoxy) is 3. The van der Waals surface area contributed by atoms with Gasteiger partial charge in [-0.2, -0.15) is 0 Å². The number of rotatable bonds is 5. The molecule has 0 amide bonds. The third-order valence-corrected chi connectivity index (χ3v) is 6.39. The molecule has 2 heterocycles. The fourth-order valence-electron chi connectivity index (χ4n) is 4.42. The van der Waals surface area contributed by atoms with Crippen LogP contribution in [0.5, 0.6) is 17.2 Å². The molecule has 0 saturated carbocycles. The van der Waals surface area contributed by atoms with Gasteiger partial charge in [0.15, 0.2) is 5.60 Å². The van der Waals surface area contributed by atoms with E-state index < -0.39 is 17.0 Å². The number of hydrogen-bond donors (Lipinski definition) is 1. The number of carbonyl (C=O) groups is 1. The maximum absolute atomic E-state index is 13.6. The van der Waals surface area contributed by atoms with Gasteiger partial charge >= 0.3 is 0 Å². The Labute approximate surface area is 199 Å². The van der Waals surface area contributed by atoms with Crippen LogP contribution in [0.2, 0.25) is 0 Å². The van der Waals surface area contributed by atoms with Crippen LogP contribution in [0.15, 0.2) is 66.7 Å². The fraction of sp³-hybridized carbons (Fsp3) is 0.276. The standard InChI is InChI=1S/C29H28O5/c1-4-20-10-11-21(16-25(20)32-17-19-8-6-5-7-9-19)29(31)18-33-26-22-14-15-28(2,3)34-24(22)13-12-23(26)27(29)30/h5-16,31H,4,17-18H2,1-3H3. The molecule has 1 unspecified atom stereocenters. The Morgan fingerprint density at radius 2 is 1.85 bits per heavy atom. The summed E-state index contributed by atoms with van der Waals surface area (Å²) in [5.41, 5.74) is 1.32. The third-order valence-electron chi connectivity index (χ3n) is 6.39. The highest BCUT2D eigenvalue weighted by atomic mass is 16.5. The lowest BCUT2D eigenvalue weighted by Crippen LogP contribution is -2.45. The molecular weight excluding hydrogens is 428 g/mol. The largest absolute Gasteiger partial charge is 0.489 e. The second-order valence-corrected chi connectivity index (χ2v) is 9.32. The quantitative estimate of drug-likeness (QED) is 0.551. The first-order valence-electron chi connectivity index (χ1n) is 11.6. The summed E-state index contributed by atoms with van der Waals surface area (Å²) in [4.78, 5) is 13.6. The van der Waals surface area contributed by atoms with Crippen LogP contribution in [-0.4, -0.2) is 23.1 Å². The fourth-order valence-corrected chi connectivity index (χ4v) is 4.42. The Hall–Kier alpha value is -3.57. The van der Waals surface area contributed by atoms with Crippen molar-refractivity contribution in [2.75, 3.05) is 6.61 Å².